The van der Waals surface area contributed by atoms with Gasteiger partial charge in [0.25, 0.3) is 5.69 Å². The highest BCUT2D eigenvalue weighted by atomic mass is 32.2. The molecule has 1 aliphatic rings. The second kappa shape index (κ2) is 9.21. The maximum absolute atomic E-state index is 12.7. The van der Waals surface area contributed by atoms with Gasteiger partial charge in [-0.2, -0.15) is 4.31 Å². The second-order valence-corrected chi connectivity index (χ2v) is 8.62. The maximum atomic E-state index is 12.7. The van der Waals surface area contributed by atoms with E-state index in [0.717, 1.165) is 18.0 Å². The molecule has 0 unspecified atom stereocenters. The van der Waals surface area contributed by atoms with E-state index < -0.39 is 14.9 Å². The molecule has 1 fully saturated rings. The number of non-ortho nitro benzene ring substituents is 1. The van der Waals surface area contributed by atoms with Crippen LogP contribution in [-0.2, 0) is 10.0 Å². The number of methoxy groups -OCH3 is 1. The number of benzene rings is 2. The van der Waals surface area contributed by atoms with Crippen LogP contribution in [0.3, 0.4) is 0 Å². The van der Waals surface area contributed by atoms with Gasteiger partial charge in [0, 0.05) is 12.1 Å². The first-order valence-electron chi connectivity index (χ1n) is 9.25. The predicted molar refractivity (Wildman–Crippen MR) is 106 cm³/mol. The van der Waals surface area contributed by atoms with Crippen LogP contribution < -0.4 is 14.4 Å². The van der Waals surface area contributed by atoms with Gasteiger partial charge in [-0.15, -0.1) is 0 Å². The van der Waals surface area contributed by atoms with Gasteiger partial charge in [0.1, 0.15) is 24.7 Å². The van der Waals surface area contributed by atoms with Crippen LogP contribution in [-0.4, -0.2) is 64.1 Å². The maximum Gasteiger partial charge on any atom is 0.269 e. The van der Waals surface area contributed by atoms with E-state index in [1.54, 1.807) is 7.11 Å². The fourth-order valence-electron chi connectivity index (χ4n) is 3.17. The third kappa shape index (κ3) is 5.22. The number of nitro benzene ring substituents is 1. The van der Waals surface area contributed by atoms with E-state index in [1.807, 2.05) is 24.3 Å². The van der Waals surface area contributed by atoms with Crippen LogP contribution in [0.1, 0.15) is 0 Å². The van der Waals surface area contributed by atoms with Crippen molar-refractivity contribution in [3.63, 3.8) is 0 Å². The first kappa shape index (κ1) is 21.0. The van der Waals surface area contributed by atoms with E-state index in [0.29, 0.717) is 32.8 Å². The molecular weight excluding hydrogens is 398 g/mol. The zero-order valence-corrected chi connectivity index (χ0v) is 16.9. The molecule has 0 radical (unpaired) electrons. The number of hydrogen-bond donors (Lipinski definition) is 1. The lowest BCUT2D eigenvalue weighted by Crippen LogP contribution is -3.15. The molecule has 1 heterocycles. The average Bonchev–Trinajstić information content (AvgIpc) is 2.74. The Kier molecular flexibility index (Phi) is 6.68. The number of sulfonamides is 1. The van der Waals surface area contributed by atoms with Crippen LogP contribution in [0.4, 0.5) is 5.69 Å². The minimum atomic E-state index is -3.64. The lowest BCUT2D eigenvalue weighted by Gasteiger charge is -2.31. The van der Waals surface area contributed by atoms with Crippen molar-refractivity contribution >= 4 is 15.7 Å². The predicted octanol–water partition coefficient (Wildman–Crippen LogP) is 0.572. The van der Waals surface area contributed by atoms with Gasteiger partial charge in [0.05, 0.1) is 43.1 Å². The number of quaternary nitrogens is 1. The molecule has 9 nitrogen and oxygen atoms in total. The van der Waals surface area contributed by atoms with Crippen LogP contribution in [0, 0.1) is 10.1 Å². The zero-order valence-electron chi connectivity index (χ0n) is 16.1. The standard InChI is InChI=1S/C19H23N3O6S/c1-27-17-4-6-18(7-5-17)28-15-14-20-10-12-21(13-11-20)29(25,26)19-8-2-16(3-9-19)22(23)24/h2-9H,10-15H2,1H3/p+1. The highest BCUT2D eigenvalue weighted by Gasteiger charge is 2.30. The minimum absolute atomic E-state index is 0.0781. The van der Waals surface area contributed by atoms with Gasteiger partial charge < -0.3 is 14.4 Å². The molecule has 29 heavy (non-hydrogen) atoms. The van der Waals surface area contributed by atoms with Crippen LogP contribution in [0.5, 0.6) is 11.5 Å². The molecule has 10 heteroatoms. The highest BCUT2D eigenvalue weighted by molar-refractivity contribution is 7.89. The number of ether oxygens (including phenoxy) is 2. The van der Waals surface area contributed by atoms with Crippen molar-refractivity contribution in [2.24, 2.45) is 0 Å². The third-order valence-electron chi connectivity index (χ3n) is 4.90. The summed E-state index contributed by atoms with van der Waals surface area (Å²) >= 11 is 0. The summed E-state index contributed by atoms with van der Waals surface area (Å²) in [6.07, 6.45) is 0. The van der Waals surface area contributed by atoms with E-state index in [1.165, 1.54) is 33.5 Å². The van der Waals surface area contributed by atoms with Gasteiger partial charge in [-0.1, -0.05) is 0 Å². The van der Waals surface area contributed by atoms with Gasteiger partial charge >= 0.3 is 0 Å². The quantitative estimate of drug-likeness (QED) is 0.493. The van der Waals surface area contributed by atoms with Crippen molar-refractivity contribution < 1.29 is 27.7 Å². The second-order valence-electron chi connectivity index (χ2n) is 6.68. The molecule has 0 aliphatic carbocycles. The Balaban J connectivity index is 1.48. The van der Waals surface area contributed by atoms with Crippen LogP contribution in [0.25, 0.3) is 0 Å². The Hall–Kier alpha value is -2.69. The molecule has 0 bridgehead atoms. The van der Waals surface area contributed by atoms with Gasteiger partial charge in [-0.3, -0.25) is 10.1 Å². The first-order valence-corrected chi connectivity index (χ1v) is 10.7. The molecule has 0 saturated carbocycles. The summed E-state index contributed by atoms with van der Waals surface area (Å²) in [5.74, 6) is 1.54. The molecule has 0 aromatic heterocycles. The van der Waals surface area contributed by atoms with Gasteiger partial charge in [0.15, 0.2) is 0 Å². The average molecular weight is 422 g/mol. The summed E-state index contributed by atoms with van der Waals surface area (Å²) < 4.78 is 37.8. The Labute approximate surface area is 169 Å². The molecule has 156 valence electrons. The van der Waals surface area contributed by atoms with Crippen LogP contribution in [0.15, 0.2) is 53.4 Å². The first-order chi connectivity index (χ1) is 13.9. The lowest BCUT2D eigenvalue weighted by atomic mass is 10.3. The van der Waals surface area contributed by atoms with Gasteiger partial charge in [-0.05, 0) is 36.4 Å². The fourth-order valence-corrected chi connectivity index (χ4v) is 4.61. The largest absolute Gasteiger partial charge is 0.497 e. The molecule has 2 aromatic rings. The Morgan fingerprint density at radius 2 is 1.62 bits per heavy atom. The topological polar surface area (TPSA) is 103 Å². The summed E-state index contributed by atoms with van der Waals surface area (Å²) in [6, 6.07) is 12.4. The van der Waals surface area contributed by atoms with Crippen molar-refractivity contribution in [1.29, 1.82) is 0 Å². The molecule has 2 aromatic carbocycles. The Bertz CT molecular complexity index is 923. The fraction of sp³-hybridized carbons (Fsp3) is 0.368. The van der Waals surface area contributed by atoms with Crippen LogP contribution in [0.2, 0.25) is 0 Å². The van der Waals surface area contributed by atoms with E-state index in [-0.39, 0.29) is 10.6 Å². The molecule has 1 saturated heterocycles. The normalized spacial score (nSPS) is 15.8. The number of nitrogens with one attached hydrogen (secondary N) is 1. The lowest BCUT2D eigenvalue weighted by molar-refractivity contribution is -0.903. The molecular formula is C19H24N3O6S+. The smallest absolute Gasteiger partial charge is 0.269 e. The van der Waals surface area contributed by atoms with Crippen molar-refractivity contribution in [3.05, 3.63) is 58.6 Å². The number of rotatable bonds is 8. The third-order valence-corrected chi connectivity index (χ3v) is 6.81. The summed E-state index contributed by atoms with van der Waals surface area (Å²) in [5, 5.41) is 10.7. The SMILES string of the molecule is COc1ccc(OCC[NH+]2CCN(S(=O)(=O)c3ccc([N+](=O)[O-])cc3)CC2)cc1. The summed E-state index contributed by atoms with van der Waals surface area (Å²) in [4.78, 5) is 11.5. The zero-order chi connectivity index (χ0) is 20.9. The van der Waals surface area contributed by atoms with E-state index in [4.69, 9.17) is 9.47 Å². The van der Waals surface area contributed by atoms with Gasteiger partial charge in [0.2, 0.25) is 10.0 Å². The van der Waals surface area contributed by atoms with E-state index in [2.05, 4.69) is 0 Å². The number of hydrogen-bond acceptors (Lipinski definition) is 6. The molecule has 0 spiro atoms. The van der Waals surface area contributed by atoms with E-state index in [9.17, 15) is 18.5 Å². The molecule has 1 aliphatic heterocycles. The van der Waals surface area contributed by atoms with Crippen LogP contribution >= 0.6 is 0 Å². The van der Waals surface area contributed by atoms with Gasteiger partial charge in [-0.25, -0.2) is 8.42 Å². The Morgan fingerprint density at radius 1 is 1.03 bits per heavy atom. The summed E-state index contributed by atoms with van der Waals surface area (Å²) in [6.45, 7) is 3.47. The van der Waals surface area contributed by atoms with Crippen molar-refractivity contribution in [2.45, 2.75) is 4.90 Å². The number of piperazine rings is 1. The summed E-state index contributed by atoms with van der Waals surface area (Å²) in [7, 11) is -2.03. The minimum Gasteiger partial charge on any atom is -0.497 e. The Morgan fingerprint density at radius 3 is 2.17 bits per heavy atom. The van der Waals surface area contributed by atoms with Crippen molar-refractivity contribution in [3.8, 4) is 11.5 Å². The number of nitrogens with zero attached hydrogens (tertiary/aromatic N) is 2. The van der Waals surface area contributed by atoms with E-state index >= 15 is 0 Å². The van der Waals surface area contributed by atoms with Crippen molar-refractivity contribution in [2.75, 3.05) is 46.4 Å². The molecule has 0 amide bonds. The monoisotopic (exact) mass is 422 g/mol. The van der Waals surface area contributed by atoms with Crippen molar-refractivity contribution in [1.82, 2.24) is 4.31 Å². The highest BCUT2D eigenvalue weighted by Crippen LogP contribution is 2.19. The summed E-state index contributed by atoms with van der Waals surface area (Å²) in [5.41, 5.74) is -0.130. The number of nitro groups is 1. The molecule has 0 atom stereocenters. The molecule has 3 rings (SSSR count). The molecule has 1 N–H and O–H groups in total.